The number of halogens is 1. The summed E-state index contributed by atoms with van der Waals surface area (Å²) < 4.78 is 0. The van der Waals surface area contributed by atoms with Gasteiger partial charge >= 0.3 is 0 Å². The van der Waals surface area contributed by atoms with Crippen LogP contribution in [0.25, 0.3) is 0 Å². The van der Waals surface area contributed by atoms with Gasteiger partial charge < -0.3 is 5.32 Å². The van der Waals surface area contributed by atoms with E-state index in [0.29, 0.717) is 16.6 Å². The van der Waals surface area contributed by atoms with Crippen LogP contribution in [-0.2, 0) is 4.79 Å². The molecule has 82 valence electrons. The summed E-state index contributed by atoms with van der Waals surface area (Å²) in [5.74, 6) is 0.382. The van der Waals surface area contributed by atoms with Gasteiger partial charge in [0.05, 0.1) is 10.7 Å². The molecule has 1 atom stereocenters. The van der Waals surface area contributed by atoms with Gasteiger partial charge in [-0.05, 0) is 30.0 Å². The van der Waals surface area contributed by atoms with Crippen LogP contribution in [-0.4, -0.2) is 5.91 Å². The Morgan fingerprint density at radius 1 is 1.53 bits per heavy atom. The third-order valence-corrected chi connectivity index (χ3v) is 2.81. The van der Waals surface area contributed by atoms with E-state index in [1.165, 1.54) is 12.5 Å². The van der Waals surface area contributed by atoms with Crippen LogP contribution in [0.2, 0.25) is 5.02 Å². The lowest BCUT2D eigenvalue weighted by molar-refractivity contribution is -0.114. The Morgan fingerprint density at radius 2 is 2.20 bits per heavy atom. The first kappa shape index (κ1) is 12.1. The van der Waals surface area contributed by atoms with Gasteiger partial charge in [-0.15, -0.1) is 0 Å². The molecule has 1 aromatic rings. The average molecular weight is 226 g/mol. The summed E-state index contributed by atoms with van der Waals surface area (Å²) in [5.41, 5.74) is 1.90. The predicted octanol–water partition coefficient (Wildman–Crippen LogP) is 3.81. The van der Waals surface area contributed by atoms with Crippen molar-refractivity contribution in [2.75, 3.05) is 5.32 Å². The van der Waals surface area contributed by atoms with Gasteiger partial charge in [-0.2, -0.15) is 0 Å². The SMILES string of the molecule is CCC(C)c1ccc(Cl)c(NC(C)=O)c1. The summed E-state index contributed by atoms with van der Waals surface area (Å²) in [4.78, 5) is 10.9. The molecule has 2 nitrogen and oxygen atoms in total. The molecule has 1 unspecified atom stereocenters. The molecule has 0 aliphatic carbocycles. The van der Waals surface area contributed by atoms with Gasteiger partial charge in [-0.3, -0.25) is 4.79 Å². The number of anilines is 1. The molecule has 0 spiro atoms. The first-order valence-corrected chi connectivity index (χ1v) is 5.49. The highest BCUT2D eigenvalue weighted by molar-refractivity contribution is 6.33. The summed E-state index contributed by atoms with van der Waals surface area (Å²) in [6.07, 6.45) is 1.07. The van der Waals surface area contributed by atoms with Crippen molar-refractivity contribution in [2.45, 2.75) is 33.1 Å². The van der Waals surface area contributed by atoms with E-state index < -0.39 is 0 Å². The predicted molar refractivity (Wildman–Crippen MR) is 64.5 cm³/mol. The lowest BCUT2D eigenvalue weighted by Gasteiger charge is -2.12. The van der Waals surface area contributed by atoms with E-state index in [-0.39, 0.29) is 5.91 Å². The minimum atomic E-state index is -0.0989. The van der Waals surface area contributed by atoms with Crippen LogP contribution in [0.5, 0.6) is 0 Å². The Balaban J connectivity index is 2.99. The first-order chi connectivity index (χ1) is 7.04. The number of carbonyl (C=O) groups excluding carboxylic acids is 1. The fourth-order valence-corrected chi connectivity index (χ4v) is 1.54. The quantitative estimate of drug-likeness (QED) is 0.833. The number of hydrogen-bond acceptors (Lipinski definition) is 1. The maximum atomic E-state index is 10.9. The van der Waals surface area contributed by atoms with Crippen molar-refractivity contribution in [2.24, 2.45) is 0 Å². The van der Waals surface area contributed by atoms with E-state index in [1.807, 2.05) is 18.2 Å². The topological polar surface area (TPSA) is 29.1 Å². The van der Waals surface area contributed by atoms with Gasteiger partial charge in [0.25, 0.3) is 0 Å². The smallest absolute Gasteiger partial charge is 0.221 e. The molecular weight excluding hydrogens is 210 g/mol. The van der Waals surface area contributed by atoms with Gasteiger partial charge in [-0.1, -0.05) is 31.5 Å². The zero-order valence-corrected chi connectivity index (χ0v) is 10.1. The molecule has 0 saturated carbocycles. The highest BCUT2D eigenvalue weighted by Crippen LogP contribution is 2.27. The molecule has 1 rings (SSSR count). The molecule has 0 aromatic heterocycles. The summed E-state index contributed by atoms with van der Waals surface area (Å²) in [6.45, 7) is 5.77. The van der Waals surface area contributed by atoms with Crippen LogP contribution in [0, 0.1) is 0 Å². The maximum absolute atomic E-state index is 10.9. The molecule has 0 radical (unpaired) electrons. The molecule has 0 bridgehead atoms. The van der Waals surface area contributed by atoms with Gasteiger partial charge in [0.1, 0.15) is 0 Å². The highest BCUT2D eigenvalue weighted by atomic mass is 35.5. The third-order valence-electron chi connectivity index (χ3n) is 2.48. The lowest BCUT2D eigenvalue weighted by Crippen LogP contribution is -2.07. The number of amides is 1. The Bertz CT molecular complexity index is 363. The summed E-state index contributed by atoms with van der Waals surface area (Å²) >= 11 is 5.97. The van der Waals surface area contributed by atoms with Crippen LogP contribution < -0.4 is 5.32 Å². The van der Waals surface area contributed by atoms with E-state index in [1.54, 1.807) is 0 Å². The van der Waals surface area contributed by atoms with Gasteiger partial charge in [0.2, 0.25) is 5.91 Å². The third kappa shape index (κ3) is 3.24. The van der Waals surface area contributed by atoms with E-state index in [0.717, 1.165) is 6.42 Å². The molecule has 0 aliphatic heterocycles. The second-order valence-electron chi connectivity index (χ2n) is 3.73. The molecule has 1 N–H and O–H groups in total. The Morgan fingerprint density at radius 3 is 2.73 bits per heavy atom. The van der Waals surface area contributed by atoms with Crippen molar-refractivity contribution in [1.82, 2.24) is 0 Å². The van der Waals surface area contributed by atoms with Gasteiger partial charge in [0, 0.05) is 6.92 Å². The van der Waals surface area contributed by atoms with Gasteiger partial charge in [-0.25, -0.2) is 0 Å². The van der Waals surface area contributed by atoms with Crippen LogP contribution >= 0.6 is 11.6 Å². The molecule has 0 fully saturated rings. The van der Waals surface area contributed by atoms with Crippen LogP contribution in [0.15, 0.2) is 18.2 Å². The number of benzene rings is 1. The molecule has 15 heavy (non-hydrogen) atoms. The van der Waals surface area contributed by atoms with E-state index in [2.05, 4.69) is 19.2 Å². The van der Waals surface area contributed by atoms with E-state index >= 15 is 0 Å². The minimum absolute atomic E-state index is 0.0989. The minimum Gasteiger partial charge on any atom is -0.325 e. The van der Waals surface area contributed by atoms with Crippen molar-refractivity contribution in [3.8, 4) is 0 Å². The molecule has 3 heteroatoms. The Labute approximate surface area is 95.6 Å². The van der Waals surface area contributed by atoms with Crippen LogP contribution in [0.4, 0.5) is 5.69 Å². The van der Waals surface area contributed by atoms with Crippen LogP contribution in [0.3, 0.4) is 0 Å². The second-order valence-corrected chi connectivity index (χ2v) is 4.14. The summed E-state index contributed by atoms with van der Waals surface area (Å²) in [5, 5.41) is 3.30. The van der Waals surface area contributed by atoms with Crippen molar-refractivity contribution < 1.29 is 4.79 Å². The number of rotatable bonds is 3. The zero-order chi connectivity index (χ0) is 11.4. The Kier molecular flexibility index (Phi) is 4.15. The number of hydrogen-bond donors (Lipinski definition) is 1. The van der Waals surface area contributed by atoms with E-state index in [4.69, 9.17) is 11.6 Å². The monoisotopic (exact) mass is 225 g/mol. The lowest BCUT2D eigenvalue weighted by atomic mass is 9.98. The highest BCUT2D eigenvalue weighted by Gasteiger charge is 2.07. The summed E-state index contributed by atoms with van der Waals surface area (Å²) in [7, 11) is 0. The van der Waals surface area contributed by atoms with Crippen molar-refractivity contribution in [1.29, 1.82) is 0 Å². The summed E-state index contributed by atoms with van der Waals surface area (Å²) in [6, 6.07) is 5.77. The molecule has 1 aromatic carbocycles. The number of carbonyl (C=O) groups is 1. The zero-order valence-electron chi connectivity index (χ0n) is 9.30. The second kappa shape index (κ2) is 5.17. The Hall–Kier alpha value is -1.02. The molecule has 1 amide bonds. The average Bonchev–Trinajstić information content (AvgIpc) is 2.19. The van der Waals surface area contributed by atoms with Crippen molar-refractivity contribution in [3.63, 3.8) is 0 Å². The van der Waals surface area contributed by atoms with Crippen molar-refractivity contribution in [3.05, 3.63) is 28.8 Å². The van der Waals surface area contributed by atoms with Gasteiger partial charge in [0.15, 0.2) is 0 Å². The van der Waals surface area contributed by atoms with Crippen LogP contribution in [0.1, 0.15) is 38.7 Å². The number of nitrogens with one attached hydrogen (secondary N) is 1. The fourth-order valence-electron chi connectivity index (χ4n) is 1.37. The normalized spacial score (nSPS) is 12.3. The maximum Gasteiger partial charge on any atom is 0.221 e. The molecule has 0 heterocycles. The largest absolute Gasteiger partial charge is 0.325 e. The fraction of sp³-hybridized carbons (Fsp3) is 0.417. The first-order valence-electron chi connectivity index (χ1n) is 5.11. The van der Waals surface area contributed by atoms with Crippen molar-refractivity contribution >= 4 is 23.2 Å². The molecular formula is C12H16ClNO. The standard InChI is InChI=1S/C12H16ClNO/c1-4-8(2)10-5-6-11(13)12(7-10)14-9(3)15/h5-8H,4H2,1-3H3,(H,14,15). The molecule has 0 aliphatic rings. The van der Waals surface area contributed by atoms with E-state index in [9.17, 15) is 4.79 Å². The molecule has 0 saturated heterocycles.